The van der Waals surface area contributed by atoms with Gasteiger partial charge in [0.25, 0.3) is 5.91 Å². The van der Waals surface area contributed by atoms with Crippen LogP contribution in [0.4, 0.5) is 11.4 Å². The fourth-order valence-electron chi connectivity index (χ4n) is 2.38. The number of benzene rings is 2. The Hall–Kier alpha value is -2.94. The Morgan fingerprint density at radius 1 is 1.07 bits per heavy atom. The number of aromatic carboxylic acids is 1. The van der Waals surface area contributed by atoms with Gasteiger partial charge in [0, 0.05) is 5.69 Å². The summed E-state index contributed by atoms with van der Waals surface area (Å²) in [5, 5.41) is 24.9. The van der Waals surface area contributed by atoms with Crippen molar-refractivity contribution in [2.75, 3.05) is 10.7 Å². The van der Waals surface area contributed by atoms with E-state index in [4.69, 9.17) is 5.73 Å². The topological polar surface area (TPSA) is 136 Å². The van der Waals surface area contributed by atoms with Crippen molar-refractivity contribution in [3.8, 4) is 0 Å². The molecule has 1 amide bonds. The Bertz CT molecular complexity index is 965. The molecule has 3 N–H and O–H groups in total. The minimum absolute atomic E-state index is 0. The summed E-state index contributed by atoms with van der Waals surface area (Å²) < 4.78 is 0. The van der Waals surface area contributed by atoms with Crippen LogP contribution in [-0.4, -0.2) is 28.7 Å². The minimum atomic E-state index is -1.36. The van der Waals surface area contributed by atoms with E-state index in [9.17, 15) is 24.6 Å². The van der Waals surface area contributed by atoms with E-state index in [1.54, 1.807) is 24.3 Å². The molecule has 0 saturated heterocycles. The van der Waals surface area contributed by atoms with E-state index < -0.39 is 23.6 Å². The van der Waals surface area contributed by atoms with Gasteiger partial charge in [-0.3, -0.25) is 4.79 Å². The van der Waals surface area contributed by atoms with E-state index in [0.717, 1.165) is 5.01 Å². The Morgan fingerprint density at radius 3 is 2.19 bits per heavy atom. The fraction of sp³-hybridized carbons (Fsp3) is 0. The summed E-state index contributed by atoms with van der Waals surface area (Å²) in [6.07, 6.45) is 1.41. The van der Waals surface area contributed by atoms with Gasteiger partial charge in [-0.15, -0.1) is 0 Å². The SMILES string of the molecule is Nc1ccc(C=C2C(=O)N(c3ccc(C(=O)[O-])cc3)N=C2C(=O)O)cc1.[Na+]. The molecule has 3 rings (SSSR count). The van der Waals surface area contributed by atoms with Gasteiger partial charge in [0.2, 0.25) is 0 Å². The van der Waals surface area contributed by atoms with Crippen molar-refractivity contribution in [2.24, 2.45) is 5.10 Å². The number of carboxylic acid groups (broad SMARTS) is 2. The average Bonchev–Trinajstić information content (AvgIpc) is 2.94. The third-order valence-electron chi connectivity index (χ3n) is 3.68. The Kier molecular flexibility index (Phi) is 6.17. The van der Waals surface area contributed by atoms with Crippen molar-refractivity contribution in [3.63, 3.8) is 0 Å². The molecule has 0 spiro atoms. The molecule has 0 aliphatic carbocycles. The van der Waals surface area contributed by atoms with Crippen molar-refractivity contribution in [3.05, 3.63) is 65.2 Å². The van der Waals surface area contributed by atoms with Crippen molar-refractivity contribution >= 4 is 41.0 Å². The molecular formula is C18H12N3NaO5. The van der Waals surface area contributed by atoms with Crippen LogP contribution in [-0.2, 0) is 9.59 Å². The molecule has 1 aliphatic rings. The smallest absolute Gasteiger partial charge is 0.545 e. The van der Waals surface area contributed by atoms with Crippen LogP contribution in [0.1, 0.15) is 15.9 Å². The molecule has 0 radical (unpaired) electrons. The molecule has 0 unspecified atom stereocenters. The predicted molar refractivity (Wildman–Crippen MR) is 92.2 cm³/mol. The average molecular weight is 373 g/mol. The maximum absolute atomic E-state index is 12.6. The zero-order valence-electron chi connectivity index (χ0n) is 14.2. The van der Waals surface area contributed by atoms with Gasteiger partial charge in [-0.2, -0.15) is 10.1 Å². The number of carboxylic acids is 2. The number of nitrogens with two attached hydrogens (primary N) is 1. The van der Waals surface area contributed by atoms with E-state index in [2.05, 4.69) is 5.10 Å². The van der Waals surface area contributed by atoms with Crippen molar-refractivity contribution < 1.29 is 54.2 Å². The molecule has 0 saturated carbocycles. The summed E-state index contributed by atoms with van der Waals surface area (Å²) >= 11 is 0. The van der Waals surface area contributed by atoms with E-state index in [0.29, 0.717) is 11.3 Å². The van der Waals surface area contributed by atoms with Gasteiger partial charge in [-0.05, 0) is 41.5 Å². The van der Waals surface area contributed by atoms with Gasteiger partial charge in [0.15, 0.2) is 5.71 Å². The number of hydrazone groups is 1. The predicted octanol–water partition coefficient (Wildman–Crippen LogP) is -2.49. The number of carbonyl (C=O) groups is 3. The molecule has 0 bridgehead atoms. The number of rotatable bonds is 4. The van der Waals surface area contributed by atoms with Gasteiger partial charge < -0.3 is 20.7 Å². The summed E-state index contributed by atoms with van der Waals surface area (Å²) in [6, 6.07) is 11.7. The molecule has 1 heterocycles. The first-order valence-electron chi connectivity index (χ1n) is 7.42. The number of anilines is 2. The number of nitrogens with zero attached hydrogens (tertiary/aromatic N) is 2. The van der Waals surface area contributed by atoms with Crippen LogP contribution in [0.3, 0.4) is 0 Å². The standard InChI is InChI=1S/C18H13N3O5.Na/c19-12-5-1-10(2-6-12)9-14-15(18(25)26)20-21(16(14)22)13-7-3-11(4-8-13)17(23)24;/h1-9H,19H2,(H,23,24)(H,25,26);/q;+1/p-1. The number of hydrogen-bond acceptors (Lipinski definition) is 6. The van der Waals surface area contributed by atoms with Crippen LogP contribution in [0, 0.1) is 0 Å². The van der Waals surface area contributed by atoms with Gasteiger partial charge in [-0.1, -0.05) is 24.3 Å². The molecule has 0 atom stereocenters. The van der Waals surface area contributed by atoms with Crippen molar-refractivity contribution in [1.82, 2.24) is 0 Å². The maximum Gasteiger partial charge on any atom is 1.00 e. The monoisotopic (exact) mass is 373 g/mol. The van der Waals surface area contributed by atoms with E-state index in [-0.39, 0.29) is 46.4 Å². The molecule has 0 fully saturated rings. The Balaban J connectivity index is 0.00000261. The number of aliphatic carboxylic acids is 1. The van der Waals surface area contributed by atoms with Crippen LogP contribution in [0.5, 0.6) is 0 Å². The molecule has 27 heavy (non-hydrogen) atoms. The van der Waals surface area contributed by atoms with Gasteiger partial charge in [-0.25, -0.2) is 4.79 Å². The first kappa shape index (κ1) is 20.4. The van der Waals surface area contributed by atoms with E-state index >= 15 is 0 Å². The first-order valence-corrected chi connectivity index (χ1v) is 7.42. The molecule has 0 aromatic heterocycles. The van der Waals surface area contributed by atoms with Crippen LogP contribution in [0.15, 0.2) is 59.2 Å². The van der Waals surface area contributed by atoms with Crippen molar-refractivity contribution in [1.29, 1.82) is 0 Å². The quantitative estimate of drug-likeness (QED) is 0.346. The minimum Gasteiger partial charge on any atom is -0.545 e. The summed E-state index contributed by atoms with van der Waals surface area (Å²) in [6.45, 7) is 0. The molecule has 130 valence electrons. The summed E-state index contributed by atoms with van der Waals surface area (Å²) in [5.41, 5.74) is 6.40. The third kappa shape index (κ3) is 4.25. The Morgan fingerprint density at radius 2 is 1.67 bits per heavy atom. The second-order valence-corrected chi connectivity index (χ2v) is 5.43. The van der Waals surface area contributed by atoms with Crippen LogP contribution in [0.2, 0.25) is 0 Å². The van der Waals surface area contributed by atoms with Gasteiger partial charge >= 0.3 is 35.5 Å². The molecular weight excluding hydrogens is 361 g/mol. The zero-order valence-corrected chi connectivity index (χ0v) is 16.2. The van der Waals surface area contributed by atoms with E-state index in [1.165, 1.54) is 30.3 Å². The third-order valence-corrected chi connectivity index (χ3v) is 3.68. The Labute approximate surface area is 175 Å². The summed E-state index contributed by atoms with van der Waals surface area (Å²) in [4.78, 5) is 34.9. The van der Waals surface area contributed by atoms with Gasteiger partial charge in [0.1, 0.15) is 0 Å². The van der Waals surface area contributed by atoms with Crippen molar-refractivity contribution in [2.45, 2.75) is 0 Å². The maximum atomic E-state index is 12.6. The first-order chi connectivity index (χ1) is 12.4. The zero-order chi connectivity index (χ0) is 18.8. The second-order valence-electron chi connectivity index (χ2n) is 5.43. The van der Waals surface area contributed by atoms with E-state index in [1.807, 2.05) is 0 Å². The van der Waals surface area contributed by atoms with Gasteiger partial charge in [0.05, 0.1) is 17.2 Å². The number of amides is 1. The van der Waals surface area contributed by atoms with Crippen LogP contribution < -0.4 is 45.4 Å². The molecule has 8 nitrogen and oxygen atoms in total. The number of carbonyl (C=O) groups excluding carboxylic acids is 2. The fourth-order valence-corrected chi connectivity index (χ4v) is 2.38. The summed E-state index contributed by atoms with van der Waals surface area (Å²) in [5.74, 6) is -3.35. The molecule has 9 heteroatoms. The normalized spacial score (nSPS) is 14.7. The summed E-state index contributed by atoms with van der Waals surface area (Å²) in [7, 11) is 0. The number of nitrogen functional groups attached to an aromatic ring is 1. The molecule has 1 aliphatic heterocycles. The number of hydrogen-bond donors (Lipinski definition) is 2. The van der Waals surface area contributed by atoms with Crippen LogP contribution >= 0.6 is 0 Å². The molecule has 2 aromatic rings. The molecule has 2 aromatic carbocycles. The van der Waals surface area contributed by atoms with Crippen LogP contribution in [0.25, 0.3) is 6.08 Å². The largest absolute Gasteiger partial charge is 1.00 e. The second kappa shape index (κ2) is 8.17.